The summed E-state index contributed by atoms with van der Waals surface area (Å²) in [5, 5.41) is 0. The molecule has 1 heteroatoms. The van der Waals surface area contributed by atoms with Crippen LogP contribution in [0.2, 0.25) is 0 Å². The van der Waals surface area contributed by atoms with Crippen molar-refractivity contribution in [1.82, 2.24) is 0 Å². The fourth-order valence-electron chi connectivity index (χ4n) is 0.879. The van der Waals surface area contributed by atoms with Crippen molar-refractivity contribution in [1.29, 1.82) is 0 Å². The van der Waals surface area contributed by atoms with E-state index in [9.17, 15) is 0 Å². The summed E-state index contributed by atoms with van der Waals surface area (Å²) < 4.78 is 0. The zero-order valence-electron chi connectivity index (χ0n) is 9.04. The van der Waals surface area contributed by atoms with Gasteiger partial charge in [-0.3, -0.25) is 0 Å². The SMILES string of the molecule is C=C(C)C(=C)CC[PH](C)(C)CC. The molecule has 0 saturated heterocycles. The molecule has 0 aromatic rings. The van der Waals surface area contributed by atoms with Crippen molar-refractivity contribution in [2.45, 2.75) is 20.3 Å². The van der Waals surface area contributed by atoms with E-state index in [1.54, 1.807) is 0 Å². The Kier molecular flexibility index (Phi) is 4.78. The van der Waals surface area contributed by atoms with Gasteiger partial charge >= 0.3 is 77.5 Å². The van der Waals surface area contributed by atoms with Crippen molar-refractivity contribution in [3.63, 3.8) is 0 Å². The molecule has 0 unspecified atom stereocenters. The summed E-state index contributed by atoms with van der Waals surface area (Å²) in [5.74, 6) is 0. The fraction of sp³-hybridized carbons (Fsp3) is 0.636. The second kappa shape index (κ2) is 4.82. The average molecular weight is 186 g/mol. The molecule has 0 fully saturated rings. The van der Waals surface area contributed by atoms with Crippen LogP contribution in [0.3, 0.4) is 0 Å². The van der Waals surface area contributed by atoms with Crippen LogP contribution < -0.4 is 0 Å². The van der Waals surface area contributed by atoms with E-state index in [2.05, 4.69) is 33.4 Å². The van der Waals surface area contributed by atoms with E-state index in [1.807, 2.05) is 6.92 Å². The second-order valence-electron chi connectivity index (χ2n) is 4.40. The predicted octanol–water partition coefficient (Wildman–Crippen LogP) is 3.54. The summed E-state index contributed by atoms with van der Waals surface area (Å²) >= 11 is 0. The summed E-state index contributed by atoms with van der Waals surface area (Å²) in [4.78, 5) is 0. The van der Waals surface area contributed by atoms with Gasteiger partial charge in [-0.05, 0) is 0 Å². The molecule has 0 spiro atoms. The van der Waals surface area contributed by atoms with Crippen molar-refractivity contribution in [3.8, 4) is 0 Å². The van der Waals surface area contributed by atoms with Gasteiger partial charge in [0, 0.05) is 0 Å². The second-order valence-corrected chi connectivity index (χ2v) is 9.94. The Morgan fingerprint density at radius 3 is 2.08 bits per heavy atom. The third-order valence-electron chi connectivity index (χ3n) is 2.66. The van der Waals surface area contributed by atoms with Crippen LogP contribution in [0.15, 0.2) is 24.3 Å². The van der Waals surface area contributed by atoms with E-state index in [1.165, 1.54) is 17.9 Å². The molecule has 0 aliphatic heterocycles. The van der Waals surface area contributed by atoms with E-state index < -0.39 is 7.26 Å². The van der Waals surface area contributed by atoms with Crippen LogP contribution in [0.25, 0.3) is 0 Å². The van der Waals surface area contributed by atoms with Crippen molar-refractivity contribution in [3.05, 3.63) is 24.3 Å². The number of allylic oxidation sites excluding steroid dienone is 2. The summed E-state index contributed by atoms with van der Waals surface area (Å²) in [7, 11) is -0.888. The zero-order valence-corrected chi connectivity index (χ0v) is 10.0. The number of hydrogen-bond donors (Lipinski definition) is 0. The molecule has 12 heavy (non-hydrogen) atoms. The molecule has 0 aromatic carbocycles. The summed E-state index contributed by atoms with van der Waals surface area (Å²) in [6, 6.07) is 0. The molecular weight excluding hydrogens is 163 g/mol. The van der Waals surface area contributed by atoms with Crippen LogP contribution in [-0.4, -0.2) is 25.7 Å². The maximum atomic E-state index is 4.01. The third-order valence-corrected chi connectivity index (χ3v) is 6.18. The molecule has 0 atom stereocenters. The quantitative estimate of drug-likeness (QED) is 0.455. The van der Waals surface area contributed by atoms with Gasteiger partial charge in [0.1, 0.15) is 0 Å². The minimum absolute atomic E-state index is 0.888. The third kappa shape index (κ3) is 4.72. The number of rotatable bonds is 5. The van der Waals surface area contributed by atoms with Gasteiger partial charge in [0.25, 0.3) is 0 Å². The molecule has 0 rings (SSSR count). The minimum atomic E-state index is -0.888. The molecule has 0 aromatic heterocycles. The molecule has 0 radical (unpaired) electrons. The van der Waals surface area contributed by atoms with E-state index in [0.29, 0.717) is 0 Å². The van der Waals surface area contributed by atoms with Gasteiger partial charge in [0.15, 0.2) is 0 Å². The Morgan fingerprint density at radius 1 is 1.25 bits per heavy atom. The Hall–Kier alpha value is -0.0900. The monoisotopic (exact) mass is 186 g/mol. The Labute approximate surface area is 78.1 Å². The summed E-state index contributed by atoms with van der Waals surface area (Å²) in [5.41, 5.74) is 2.39. The topological polar surface area (TPSA) is 0 Å². The summed E-state index contributed by atoms with van der Waals surface area (Å²) in [6.45, 7) is 17.1. The fourth-order valence-corrected chi connectivity index (χ4v) is 2.21. The first kappa shape index (κ1) is 11.9. The van der Waals surface area contributed by atoms with Gasteiger partial charge in [-0.25, -0.2) is 0 Å². The van der Waals surface area contributed by atoms with Gasteiger partial charge in [-0.2, -0.15) is 0 Å². The van der Waals surface area contributed by atoms with Crippen LogP contribution >= 0.6 is 7.26 Å². The first-order valence-corrected chi connectivity index (χ1v) is 8.14. The van der Waals surface area contributed by atoms with Gasteiger partial charge in [-0.15, -0.1) is 0 Å². The molecule has 0 N–H and O–H groups in total. The van der Waals surface area contributed by atoms with Crippen LogP contribution in [0.4, 0.5) is 0 Å². The Balaban J connectivity index is 3.83. The van der Waals surface area contributed by atoms with Crippen LogP contribution in [0.5, 0.6) is 0 Å². The van der Waals surface area contributed by atoms with Gasteiger partial charge in [0.05, 0.1) is 0 Å². The molecule has 0 amide bonds. The molecular formula is C11H23P. The molecule has 0 heterocycles. The van der Waals surface area contributed by atoms with Crippen LogP contribution in [0.1, 0.15) is 20.3 Å². The maximum absolute atomic E-state index is 4.01. The zero-order chi connectivity index (χ0) is 9.78. The van der Waals surface area contributed by atoms with Crippen molar-refractivity contribution >= 4 is 7.26 Å². The standard InChI is InChI=1S/C11H23P/c1-7-12(5,6)9-8-11(4)10(2)3/h12H,2,4,7-9H2,1,3,5-6H3. The Morgan fingerprint density at radius 2 is 1.75 bits per heavy atom. The molecule has 0 saturated carbocycles. The normalized spacial score (nSPS) is 12.7. The van der Waals surface area contributed by atoms with E-state index in [4.69, 9.17) is 0 Å². The molecule has 0 aliphatic carbocycles. The van der Waals surface area contributed by atoms with Crippen molar-refractivity contribution in [2.24, 2.45) is 0 Å². The average Bonchev–Trinajstić information content (AvgIpc) is 2.00. The Bertz CT molecular complexity index is 177. The van der Waals surface area contributed by atoms with E-state index in [-0.39, 0.29) is 0 Å². The van der Waals surface area contributed by atoms with Gasteiger partial charge in [0.2, 0.25) is 0 Å². The molecule has 0 nitrogen and oxygen atoms in total. The van der Waals surface area contributed by atoms with Gasteiger partial charge in [-0.1, -0.05) is 0 Å². The summed E-state index contributed by atoms with van der Waals surface area (Å²) in [6.07, 6.45) is 3.88. The van der Waals surface area contributed by atoms with E-state index >= 15 is 0 Å². The van der Waals surface area contributed by atoms with Crippen LogP contribution in [-0.2, 0) is 0 Å². The van der Waals surface area contributed by atoms with Crippen molar-refractivity contribution < 1.29 is 0 Å². The number of hydrogen-bond acceptors (Lipinski definition) is 0. The van der Waals surface area contributed by atoms with E-state index in [0.717, 1.165) is 12.0 Å². The van der Waals surface area contributed by atoms with Crippen molar-refractivity contribution in [2.75, 3.05) is 25.7 Å². The predicted molar refractivity (Wildman–Crippen MR) is 64.1 cm³/mol. The molecule has 0 bridgehead atoms. The van der Waals surface area contributed by atoms with Crippen LogP contribution in [0, 0.1) is 0 Å². The first-order chi connectivity index (χ1) is 5.39. The molecule has 0 aliphatic rings. The van der Waals surface area contributed by atoms with Gasteiger partial charge < -0.3 is 0 Å². The molecule has 72 valence electrons. The first-order valence-electron chi connectivity index (χ1n) is 4.72.